The monoisotopic (exact) mass is 502 g/mol. The van der Waals surface area contributed by atoms with Crippen molar-refractivity contribution in [3.63, 3.8) is 0 Å². The smallest absolute Gasteiger partial charge is 0.416 e. The summed E-state index contributed by atoms with van der Waals surface area (Å²) >= 11 is 0. The molecule has 0 unspecified atom stereocenters. The maximum Gasteiger partial charge on any atom is 0.416 e. The molecule has 0 bridgehead atoms. The van der Waals surface area contributed by atoms with Crippen molar-refractivity contribution in [3.05, 3.63) is 89.9 Å². The van der Waals surface area contributed by atoms with E-state index in [4.69, 9.17) is 9.47 Å². The van der Waals surface area contributed by atoms with Gasteiger partial charge in [0.2, 0.25) is 0 Å². The van der Waals surface area contributed by atoms with Crippen LogP contribution in [0.2, 0.25) is 0 Å². The topological polar surface area (TPSA) is 93.7 Å². The number of fused-ring (bicyclic) bond motifs is 1. The summed E-state index contributed by atoms with van der Waals surface area (Å²) in [6.07, 6.45) is 0.788. The molecule has 2 aromatic heterocycles. The molecule has 0 atom stereocenters. The molecule has 9 heteroatoms. The normalized spacial score (nSPS) is 11.2. The number of nitrogens with zero attached hydrogens (tertiary/aromatic N) is 3. The maximum absolute atomic E-state index is 15.5. The van der Waals surface area contributed by atoms with Crippen LogP contribution in [0, 0.1) is 5.82 Å². The van der Waals surface area contributed by atoms with E-state index in [2.05, 4.69) is 15.3 Å². The molecule has 37 heavy (non-hydrogen) atoms. The molecule has 8 nitrogen and oxygen atoms in total. The van der Waals surface area contributed by atoms with Crippen LogP contribution in [0.25, 0.3) is 10.9 Å². The molecule has 0 fully saturated rings. The number of rotatable bonds is 6. The standard InChI is InChI=1S/C28H27FN4O4/c1-28(2,3)37-27(35)33(17-18-10-6-5-7-11-18)25-22(29)15-21(26(34)36-4)24(32-25)31-20-14-19-12-8-9-13-23(19)30-16-20/h5-16H,17H2,1-4H3,(H,31,32). The van der Waals surface area contributed by atoms with Crippen LogP contribution >= 0.6 is 0 Å². The molecule has 0 aliphatic rings. The predicted molar refractivity (Wildman–Crippen MR) is 139 cm³/mol. The van der Waals surface area contributed by atoms with Gasteiger partial charge in [-0.2, -0.15) is 0 Å². The van der Waals surface area contributed by atoms with Gasteiger partial charge < -0.3 is 14.8 Å². The highest BCUT2D eigenvalue weighted by atomic mass is 19.1. The number of carbonyl (C=O) groups is 2. The van der Waals surface area contributed by atoms with Crippen LogP contribution in [0.4, 0.5) is 26.5 Å². The quantitative estimate of drug-likeness (QED) is 0.312. The summed E-state index contributed by atoms with van der Waals surface area (Å²) in [4.78, 5) is 35.6. The lowest BCUT2D eigenvalue weighted by molar-refractivity contribution is 0.0573. The van der Waals surface area contributed by atoms with Crippen LogP contribution < -0.4 is 10.2 Å². The van der Waals surface area contributed by atoms with Crippen molar-refractivity contribution in [1.82, 2.24) is 9.97 Å². The number of hydrogen-bond donors (Lipinski definition) is 1. The number of pyridine rings is 2. The number of esters is 1. The van der Waals surface area contributed by atoms with Gasteiger partial charge >= 0.3 is 12.1 Å². The molecular formula is C28H27FN4O4. The Labute approximate surface area is 214 Å². The second-order valence-electron chi connectivity index (χ2n) is 9.28. The van der Waals surface area contributed by atoms with Crippen molar-refractivity contribution in [2.24, 2.45) is 0 Å². The van der Waals surface area contributed by atoms with Gasteiger partial charge in [0, 0.05) is 5.39 Å². The number of amides is 1. The fourth-order valence-electron chi connectivity index (χ4n) is 3.61. The fourth-order valence-corrected chi connectivity index (χ4v) is 3.61. The van der Waals surface area contributed by atoms with Crippen molar-refractivity contribution >= 4 is 40.3 Å². The van der Waals surface area contributed by atoms with Gasteiger partial charge in [-0.05, 0) is 44.5 Å². The van der Waals surface area contributed by atoms with E-state index < -0.39 is 23.5 Å². The Morgan fingerprint density at radius 2 is 1.73 bits per heavy atom. The fraction of sp³-hybridized carbons (Fsp3) is 0.214. The second kappa shape index (κ2) is 10.6. The molecule has 1 N–H and O–H groups in total. The zero-order valence-corrected chi connectivity index (χ0v) is 21.0. The lowest BCUT2D eigenvalue weighted by Crippen LogP contribution is -2.37. The highest BCUT2D eigenvalue weighted by Crippen LogP contribution is 2.29. The molecule has 0 saturated carbocycles. The van der Waals surface area contributed by atoms with Gasteiger partial charge in [0.25, 0.3) is 0 Å². The summed E-state index contributed by atoms with van der Waals surface area (Å²) in [5, 5.41) is 3.89. The number of carbonyl (C=O) groups excluding carboxylic acids is 2. The summed E-state index contributed by atoms with van der Waals surface area (Å²) in [5.41, 5.74) is 1.07. The highest BCUT2D eigenvalue weighted by molar-refractivity contribution is 5.97. The lowest BCUT2D eigenvalue weighted by Gasteiger charge is -2.27. The first-order valence-corrected chi connectivity index (χ1v) is 11.6. The number of nitrogens with one attached hydrogen (secondary N) is 1. The molecule has 0 saturated heterocycles. The number of benzene rings is 2. The van der Waals surface area contributed by atoms with E-state index in [1.165, 1.54) is 7.11 Å². The highest BCUT2D eigenvalue weighted by Gasteiger charge is 2.29. The minimum absolute atomic E-state index is 0.00181. The number of para-hydroxylation sites is 1. The molecule has 2 heterocycles. The third kappa shape index (κ3) is 6.19. The Morgan fingerprint density at radius 1 is 1.03 bits per heavy atom. The van der Waals surface area contributed by atoms with Crippen LogP contribution in [0.5, 0.6) is 0 Å². The van der Waals surface area contributed by atoms with E-state index >= 15 is 4.39 Å². The van der Waals surface area contributed by atoms with Crippen LogP contribution in [-0.2, 0) is 16.0 Å². The molecule has 190 valence electrons. The minimum atomic E-state index is -0.885. The molecule has 2 aromatic carbocycles. The van der Waals surface area contributed by atoms with E-state index in [1.54, 1.807) is 39.1 Å². The van der Waals surface area contributed by atoms with Crippen molar-refractivity contribution in [2.45, 2.75) is 32.9 Å². The largest absolute Gasteiger partial charge is 0.465 e. The predicted octanol–water partition coefficient (Wildman–Crippen LogP) is 6.24. The van der Waals surface area contributed by atoms with Gasteiger partial charge in [0.05, 0.1) is 31.1 Å². The third-order valence-corrected chi connectivity index (χ3v) is 5.27. The molecule has 0 aliphatic carbocycles. The van der Waals surface area contributed by atoms with Gasteiger partial charge in [-0.25, -0.2) is 19.0 Å². The number of aromatic nitrogens is 2. The molecule has 0 aliphatic heterocycles. The van der Waals surface area contributed by atoms with Crippen molar-refractivity contribution in [1.29, 1.82) is 0 Å². The first-order valence-electron chi connectivity index (χ1n) is 11.6. The van der Waals surface area contributed by atoms with Crippen LogP contribution in [0.1, 0.15) is 36.7 Å². The molecule has 0 radical (unpaired) electrons. The Hall–Kier alpha value is -4.53. The summed E-state index contributed by atoms with van der Waals surface area (Å²) in [7, 11) is 1.19. The van der Waals surface area contributed by atoms with E-state index in [0.29, 0.717) is 5.69 Å². The molecule has 4 aromatic rings. The van der Waals surface area contributed by atoms with Crippen molar-refractivity contribution in [2.75, 3.05) is 17.3 Å². The maximum atomic E-state index is 15.5. The summed E-state index contributed by atoms with van der Waals surface area (Å²) in [5.74, 6) is -1.98. The first kappa shape index (κ1) is 25.6. The number of methoxy groups -OCH3 is 1. The molecular weight excluding hydrogens is 475 g/mol. The van der Waals surface area contributed by atoms with E-state index in [1.807, 2.05) is 48.5 Å². The average Bonchev–Trinajstić information content (AvgIpc) is 2.87. The van der Waals surface area contributed by atoms with Crippen LogP contribution in [0.15, 0.2) is 72.9 Å². The van der Waals surface area contributed by atoms with Gasteiger partial charge in [-0.15, -0.1) is 0 Å². The molecule has 1 amide bonds. The van der Waals surface area contributed by atoms with Gasteiger partial charge in [-0.1, -0.05) is 48.5 Å². The van der Waals surface area contributed by atoms with E-state index in [-0.39, 0.29) is 23.7 Å². The number of anilines is 3. The lowest BCUT2D eigenvalue weighted by atomic mass is 10.2. The Balaban J connectivity index is 1.80. The van der Waals surface area contributed by atoms with Gasteiger partial charge in [-0.3, -0.25) is 9.88 Å². The average molecular weight is 503 g/mol. The number of halogens is 1. The second-order valence-corrected chi connectivity index (χ2v) is 9.28. The third-order valence-electron chi connectivity index (χ3n) is 5.27. The summed E-state index contributed by atoms with van der Waals surface area (Å²) < 4.78 is 25.8. The van der Waals surface area contributed by atoms with E-state index in [0.717, 1.165) is 27.4 Å². The van der Waals surface area contributed by atoms with Gasteiger partial charge in [0.1, 0.15) is 17.0 Å². The Bertz CT molecular complexity index is 1440. The SMILES string of the molecule is COC(=O)c1cc(F)c(N(Cc2ccccc2)C(=O)OC(C)(C)C)nc1Nc1cnc2ccccc2c1. The van der Waals surface area contributed by atoms with Crippen molar-refractivity contribution < 1.29 is 23.5 Å². The van der Waals surface area contributed by atoms with E-state index in [9.17, 15) is 9.59 Å². The number of hydrogen-bond acceptors (Lipinski definition) is 7. The zero-order valence-electron chi connectivity index (χ0n) is 21.0. The molecule has 4 rings (SSSR count). The summed E-state index contributed by atoms with van der Waals surface area (Å²) in [6, 6.07) is 19.4. The Morgan fingerprint density at radius 3 is 2.43 bits per heavy atom. The minimum Gasteiger partial charge on any atom is -0.465 e. The van der Waals surface area contributed by atoms with Crippen LogP contribution in [-0.4, -0.2) is 34.7 Å². The van der Waals surface area contributed by atoms with Gasteiger partial charge in [0.15, 0.2) is 11.6 Å². The summed E-state index contributed by atoms with van der Waals surface area (Å²) in [6.45, 7) is 5.15. The first-order chi connectivity index (χ1) is 17.6. The van der Waals surface area contributed by atoms with Crippen molar-refractivity contribution in [3.8, 4) is 0 Å². The zero-order chi connectivity index (χ0) is 26.6. The Kier molecular flexibility index (Phi) is 7.33. The molecule has 0 spiro atoms. The van der Waals surface area contributed by atoms with Crippen LogP contribution in [0.3, 0.4) is 0 Å². The number of ether oxygens (including phenoxy) is 2.